The molecule has 0 atom stereocenters. The van der Waals surface area contributed by atoms with Crippen molar-refractivity contribution in [2.45, 2.75) is 40.0 Å². The number of aromatic nitrogens is 3. The lowest BCUT2D eigenvalue weighted by molar-refractivity contribution is 0.0990. The van der Waals surface area contributed by atoms with Gasteiger partial charge in [-0.2, -0.15) is 0 Å². The van der Waals surface area contributed by atoms with Crippen LogP contribution in [-0.4, -0.2) is 32.8 Å². The quantitative estimate of drug-likeness (QED) is 0.662. The van der Waals surface area contributed by atoms with E-state index in [-0.39, 0.29) is 17.6 Å². The zero-order valence-electron chi connectivity index (χ0n) is 15.2. The van der Waals surface area contributed by atoms with Crippen LogP contribution >= 0.6 is 11.3 Å². The first-order chi connectivity index (χ1) is 12.4. The minimum Gasteiger partial charge on any atom is -0.307 e. The summed E-state index contributed by atoms with van der Waals surface area (Å²) in [5, 5.41) is 8.47. The van der Waals surface area contributed by atoms with Crippen LogP contribution in [0.5, 0.6) is 0 Å². The van der Waals surface area contributed by atoms with Crippen molar-refractivity contribution >= 4 is 33.7 Å². The van der Waals surface area contributed by atoms with Gasteiger partial charge in [-0.15, -0.1) is 10.2 Å². The number of anilines is 1. The normalized spacial score (nSPS) is 13.7. The fraction of sp³-hybridized carbons (Fsp3) is 0.368. The standard InChI is InChI=1S/C19H20N4O2S/c1-10(2)17-20-21-19-23(17)11(3)16(26-19)18(25)22-8-7-14-9-13(12(4)24)5-6-15(14)22/h5-6,9-10H,7-8H2,1-4H3. The van der Waals surface area contributed by atoms with Gasteiger partial charge < -0.3 is 4.90 Å². The monoisotopic (exact) mass is 368 g/mol. The first kappa shape index (κ1) is 16.9. The number of hydrogen-bond donors (Lipinski definition) is 0. The topological polar surface area (TPSA) is 67.6 Å². The zero-order chi connectivity index (χ0) is 18.6. The summed E-state index contributed by atoms with van der Waals surface area (Å²) in [6.07, 6.45) is 0.766. The van der Waals surface area contributed by atoms with E-state index in [0.29, 0.717) is 17.0 Å². The zero-order valence-corrected chi connectivity index (χ0v) is 16.1. The number of rotatable bonds is 3. The molecule has 0 radical (unpaired) electrons. The Morgan fingerprint density at radius 1 is 1.23 bits per heavy atom. The van der Waals surface area contributed by atoms with Crippen molar-refractivity contribution in [2.24, 2.45) is 0 Å². The number of carbonyl (C=O) groups is 2. The van der Waals surface area contributed by atoms with E-state index < -0.39 is 0 Å². The lowest BCUT2D eigenvalue weighted by atomic mass is 10.1. The van der Waals surface area contributed by atoms with E-state index in [4.69, 9.17) is 0 Å². The molecule has 3 heterocycles. The van der Waals surface area contributed by atoms with Crippen LogP contribution in [0.3, 0.4) is 0 Å². The van der Waals surface area contributed by atoms with Gasteiger partial charge in [0.05, 0.1) is 0 Å². The van der Waals surface area contributed by atoms with Crippen molar-refractivity contribution in [3.8, 4) is 0 Å². The van der Waals surface area contributed by atoms with Crippen LogP contribution in [0.2, 0.25) is 0 Å². The molecule has 0 saturated carbocycles. The summed E-state index contributed by atoms with van der Waals surface area (Å²) in [5.41, 5.74) is 3.52. The van der Waals surface area contributed by atoms with Gasteiger partial charge >= 0.3 is 0 Å². The second-order valence-corrected chi connectivity index (χ2v) is 7.93. The summed E-state index contributed by atoms with van der Waals surface area (Å²) in [5.74, 6) is 1.14. The molecule has 26 heavy (non-hydrogen) atoms. The molecule has 1 aromatic carbocycles. The maximum absolute atomic E-state index is 13.2. The lowest BCUT2D eigenvalue weighted by Crippen LogP contribution is -2.28. The molecular formula is C19H20N4O2S. The van der Waals surface area contributed by atoms with Gasteiger partial charge in [0.2, 0.25) is 4.96 Å². The Morgan fingerprint density at radius 2 is 2.00 bits per heavy atom. The summed E-state index contributed by atoms with van der Waals surface area (Å²) in [7, 11) is 0. The molecule has 3 aromatic rings. The van der Waals surface area contributed by atoms with Crippen LogP contribution in [0.4, 0.5) is 5.69 Å². The summed E-state index contributed by atoms with van der Waals surface area (Å²) in [6, 6.07) is 5.58. The summed E-state index contributed by atoms with van der Waals surface area (Å²) in [6.45, 7) is 8.27. The Labute approximate surface area is 155 Å². The summed E-state index contributed by atoms with van der Waals surface area (Å²) < 4.78 is 1.98. The van der Waals surface area contributed by atoms with Gasteiger partial charge in [0.25, 0.3) is 5.91 Å². The van der Waals surface area contributed by atoms with Crippen molar-refractivity contribution in [2.75, 3.05) is 11.4 Å². The molecule has 4 rings (SSSR count). The smallest absolute Gasteiger partial charge is 0.270 e. The van der Waals surface area contributed by atoms with Gasteiger partial charge in [-0.05, 0) is 44.0 Å². The minimum atomic E-state index is -0.0120. The Hall–Kier alpha value is -2.54. The van der Waals surface area contributed by atoms with Crippen molar-refractivity contribution in [3.63, 3.8) is 0 Å². The number of nitrogens with zero attached hydrogens (tertiary/aromatic N) is 4. The second kappa shape index (κ2) is 6.02. The van der Waals surface area contributed by atoms with Gasteiger partial charge in [0, 0.05) is 29.4 Å². The number of aryl methyl sites for hydroxylation is 1. The molecule has 0 unspecified atom stereocenters. The third-order valence-electron chi connectivity index (χ3n) is 4.85. The van der Waals surface area contributed by atoms with Gasteiger partial charge in [-0.3, -0.25) is 14.0 Å². The molecule has 0 bridgehead atoms. The van der Waals surface area contributed by atoms with Crippen molar-refractivity contribution in [1.82, 2.24) is 14.6 Å². The van der Waals surface area contributed by atoms with E-state index >= 15 is 0 Å². The number of Topliss-reactive ketones (excluding diaryl/α,β-unsaturated/α-hetero) is 1. The Kier molecular flexibility index (Phi) is 3.91. The molecule has 0 N–H and O–H groups in total. The molecule has 7 heteroatoms. The van der Waals surface area contributed by atoms with Gasteiger partial charge in [-0.25, -0.2) is 0 Å². The maximum atomic E-state index is 13.2. The maximum Gasteiger partial charge on any atom is 0.270 e. The van der Waals surface area contributed by atoms with Gasteiger partial charge in [0.1, 0.15) is 10.7 Å². The van der Waals surface area contributed by atoms with Gasteiger partial charge in [-0.1, -0.05) is 25.2 Å². The summed E-state index contributed by atoms with van der Waals surface area (Å²) >= 11 is 1.38. The van der Waals surface area contributed by atoms with Crippen LogP contribution in [0.25, 0.3) is 4.96 Å². The number of benzene rings is 1. The van der Waals surface area contributed by atoms with Crippen molar-refractivity contribution < 1.29 is 9.59 Å². The third kappa shape index (κ3) is 2.46. The molecule has 2 aromatic heterocycles. The second-order valence-electron chi connectivity index (χ2n) is 6.95. The fourth-order valence-electron chi connectivity index (χ4n) is 3.46. The minimum absolute atomic E-state index is 0.0120. The fourth-order valence-corrected chi connectivity index (χ4v) is 4.48. The summed E-state index contributed by atoms with van der Waals surface area (Å²) in [4.78, 5) is 28.0. The number of hydrogen-bond acceptors (Lipinski definition) is 5. The van der Waals surface area contributed by atoms with E-state index in [1.54, 1.807) is 17.9 Å². The number of ketones is 1. The van der Waals surface area contributed by atoms with Crippen LogP contribution in [0, 0.1) is 6.92 Å². The predicted octanol–water partition coefficient (Wildman–Crippen LogP) is 3.63. The van der Waals surface area contributed by atoms with E-state index in [0.717, 1.165) is 34.2 Å². The molecule has 1 aliphatic heterocycles. The predicted molar refractivity (Wildman–Crippen MR) is 102 cm³/mol. The van der Waals surface area contributed by atoms with Crippen LogP contribution in [-0.2, 0) is 6.42 Å². The van der Waals surface area contributed by atoms with Gasteiger partial charge in [0.15, 0.2) is 5.78 Å². The molecular weight excluding hydrogens is 348 g/mol. The van der Waals surface area contributed by atoms with Crippen molar-refractivity contribution in [1.29, 1.82) is 0 Å². The Balaban J connectivity index is 1.73. The average molecular weight is 368 g/mol. The number of thiazole rings is 1. The molecule has 0 saturated heterocycles. The first-order valence-electron chi connectivity index (χ1n) is 8.68. The van der Waals surface area contributed by atoms with E-state index in [2.05, 4.69) is 24.0 Å². The van der Waals surface area contributed by atoms with E-state index in [1.165, 1.54) is 11.3 Å². The van der Waals surface area contributed by atoms with E-state index in [9.17, 15) is 9.59 Å². The Bertz CT molecular complexity index is 1050. The molecule has 0 aliphatic carbocycles. The number of fused-ring (bicyclic) bond motifs is 2. The number of amides is 1. The van der Waals surface area contributed by atoms with E-state index in [1.807, 2.05) is 23.5 Å². The number of carbonyl (C=O) groups excluding carboxylic acids is 2. The Morgan fingerprint density at radius 3 is 2.69 bits per heavy atom. The van der Waals surface area contributed by atoms with Crippen LogP contribution in [0.15, 0.2) is 18.2 Å². The third-order valence-corrected chi connectivity index (χ3v) is 5.97. The molecule has 6 nitrogen and oxygen atoms in total. The van der Waals surface area contributed by atoms with Crippen molar-refractivity contribution in [3.05, 3.63) is 45.7 Å². The average Bonchev–Trinajstić information content (AvgIpc) is 3.28. The molecule has 134 valence electrons. The highest BCUT2D eigenvalue weighted by atomic mass is 32.1. The molecule has 0 spiro atoms. The molecule has 1 aliphatic rings. The highest BCUT2D eigenvalue weighted by Crippen LogP contribution is 2.33. The SMILES string of the molecule is CC(=O)c1ccc2c(c1)CCN2C(=O)c1sc2nnc(C(C)C)n2c1C. The molecule has 1 amide bonds. The first-order valence-corrected chi connectivity index (χ1v) is 9.50. The van der Waals surface area contributed by atoms with Crippen LogP contribution in [0.1, 0.15) is 63.8 Å². The highest BCUT2D eigenvalue weighted by Gasteiger charge is 2.30. The largest absolute Gasteiger partial charge is 0.307 e. The molecule has 0 fully saturated rings. The van der Waals surface area contributed by atoms with Crippen LogP contribution < -0.4 is 4.90 Å². The lowest BCUT2D eigenvalue weighted by Gasteiger charge is -2.17. The highest BCUT2D eigenvalue weighted by molar-refractivity contribution is 7.19.